The molecule has 2 amide bonds. The molecular formula is C18H15Cl2N3O2. The van der Waals surface area contributed by atoms with Crippen LogP contribution < -0.4 is 10.7 Å². The summed E-state index contributed by atoms with van der Waals surface area (Å²) in [5.74, 6) is -1.84. The fourth-order valence-electron chi connectivity index (χ4n) is 2.80. The highest BCUT2D eigenvalue weighted by molar-refractivity contribution is 6.38. The third-order valence-electron chi connectivity index (χ3n) is 4.06. The van der Waals surface area contributed by atoms with Crippen molar-refractivity contribution in [3.05, 3.63) is 69.7 Å². The first-order valence-electron chi connectivity index (χ1n) is 7.67. The molecule has 0 aliphatic carbocycles. The Balaban J connectivity index is 1.73. The van der Waals surface area contributed by atoms with E-state index in [1.54, 1.807) is 18.2 Å². The molecule has 3 rings (SSSR count). The molecule has 0 radical (unpaired) electrons. The summed E-state index contributed by atoms with van der Waals surface area (Å²) < 4.78 is 0. The van der Waals surface area contributed by atoms with Crippen LogP contribution in [-0.4, -0.2) is 24.6 Å². The minimum Gasteiger partial charge on any atom is -0.355 e. The fourth-order valence-corrected chi connectivity index (χ4v) is 3.29. The van der Waals surface area contributed by atoms with Gasteiger partial charge >= 0.3 is 0 Å². The van der Waals surface area contributed by atoms with Gasteiger partial charge in [0.25, 0.3) is 5.91 Å². The number of benzene rings is 2. The van der Waals surface area contributed by atoms with Crippen molar-refractivity contribution in [3.8, 4) is 0 Å². The van der Waals surface area contributed by atoms with Gasteiger partial charge in [0.05, 0.1) is 16.3 Å². The van der Waals surface area contributed by atoms with Gasteiger partial charge in [0.1, 0.15) is 5.92 Å². The first-order chi connectivity index (χ1) is 12.1. The van der Waals surface area contributed by atoms with Crippen molar-refractivity contribution in [2.24, 2.45) is 11.0 Å². The monoisotopic (exact) mass is 375 g/mol. The predicted molar refractivity (Wildman–Crippen MR) is 97.9 cm³/mol. The normalized spacial score (nSPS) is 19.8. The number of carbonyl (C=O) groups is 2. The Labute approximate surface area is 155 Å². The summed E-state index contributed by atoms with van der Waals surface area (Å²) in [6.07, 6.45) is 1.37. The highest BCUT2D eigenvalue weighted by atomic mass is 35.5. The second-order valence-electron chi connectivity index (χ2n) is 5.61. The van der Waals surface area contributed by atoms with Crippen molar-refractivity contribution < 1.29 is 9.59 Å². The van der Waals surface area contributed by atoms with Crippen LogP contribution in [0, 0.1) is 5.92 Å². The number of nitrogens with zero attached hydrogens (tertiary/aromatic N) is 1. The lowest BCUT2D eigenvalue weighted by Gasteiger charge is -2.15. The number of hydrogen-bond donors (Lipinski definition) is 2. The first-order valence-corrected chi connectivity index (χ1v) is 8.43. The molecule has 1 aliphatic rings. The SMILES string of the molecule is O=C1NC[C@H](c2ccccc2)[C@@H]1C(=O)NN=Cc1c(Cl)cccc1Cl. The second kappa shape index (κ2) is 7.68. The topological polar surface area (TPSA) is 70.6 Å². The molecule has 1 aliphatic heterocycles. The highest BCUT2D eigenvalue weighted by Crippen LogP contribution is 2.29. The molecule has 5 nitrogen and oxygen atoms in total. The number of carbonyl (C=O) groups excluding carboxylic acids is 2. The third-order valence-corrected chi connectivity index (χ3v) is 4.72. The van der Waals surface area contributed by atoms with E-state index < -0.39 is 11.8 Å². The third kappa shape index (κ3) is 3.83. The summed E-state index contributed by atoms with van der Waals surface area (Å²) in [6.45, 7) is 0.418. The zero-order chi connectivity index (χ0) is 17.8. The number of nitrogens with one attached hydrogen (secondary N) is 2. The molecule has 2 aromatic rings. The molecule has 0 unspecified atom stereocenters. The zero-order valence-electron chi connectivity index (χ0n) is 13.1. The van der Waals surface area contributed by atoms with Crippen LogP contribution in [0.25, 0.3) is 0 Å². The molecule has 2 aromatic carbocycles. The van der Waals surface area contributed by atoms with Gasteiger partial charge in [-0.15, -0.1) is 0 Å². The van der Waals surface area contributed by atoms with E-state index in [1.165, 1.54) is 6.21 Å². The van der Waals surface area contributed by atoms with E-state index in [0.29, 0.717) is 22.2 Å². The van der Waals surface area contributed by atoms with Crippen LogP contribution in [0.15, 0.2) is 53.6 Å². The van der Waals surface area contributed by atoms with Crippen molar-refractivity contribution >= 4 is 41.2 Å². The van der Waals surface area contributed by atoms with E-state index in [-0.39, 0.29) is 11.8 Å². The van der Waals surface area contributed by atoms with Gasteiger partial charge in [-0.25, -0.2) is 5.43 Å². The van der Waals surface area contributed by atoms with E-state index in [4.69, 9.17) is 23.2 Å². The van der Waals surface area contributed by atoms with Gasteiger partial charge in [-0.2, -0.15) is 5.10 Å². The number of hydrogen-bond acceptors (Lipinski definition) is 3. The average molecular weight is 376 g/mol. The molecule has 1 heterocycles. The molecule has 1 saturated heterocycles. The highest BCUT2D eigenvalue weighted by Gasteiger charge is 2.40. The van der Waals surface area contributed by atoms with Crippen molar-refractivity contribution in [1.82, 2.24) is 10.7 Å². The van der Waals surface area contributed by atoms with E-state index in [9.17, 15) is 9.59 Å². The maximum atomic E-state index is 12.4. The van der Waals surface area contributed by atoms with Crippen LogP contribution >= 0.6 is 23.2 Å². The lowest BCUT2D eigenvalue weighted by Crippen LogP contribution is -2.34. The van der Waals surface area contributed by atoms with Gasteiger partial charge < -0.3 is 5.32 Å². The summed E-state index contributed by atoms with van der Waals surface area (Å²) in [5.41, 5.74) is 3.84. The van der Waals surface area contributed by atoms with Gasteiger partial charge in [0, 0.05) is 18.0 Å². The molecule has 2 N–H and O–H groups in total. The van der Waals surface area contributed by atoms with Gasteiger partial charge in [-0.1, -0.05) is 59.6 Å². The van der Waals surface area contributed by atoms with Crippen molar-refractivity contribution in [1.29, 1.82) is 0 Å². The summed E-state index contributed by atoms with van der Waals surface area (Å²) >= 11 is 12.1. The molecule has 2 atom stereocenters. The second-order valence-corrected chi connectivity index (χ2v) is 6.42. The van der Waals surface area contributed by atoms with Gasteiger partial charge in [0.2, 0.25) is 5.91 Å². The number of rotatable bonds is 4. The molecule has 1 fully saturated rings. The Morgan fingerprint density at radius 3 is 2.48 bits per heavy atom. The molecule has 0 saturated carbocycles. The van der Waals surface area contributed by atoms with E-state index in [1.807, 2.05) is 30.3 Å². The van der Waals surface area contributed by atoms with E-state index >= 15 is 0 Å². The summed E-state index contributed by atoms with van der Waals surface area (Å²) in [7, 11) is 0. The van der Waals surface area contributed by atoms with Crippen LogP contribution in [0.2, 0.25) is 10.0 Å². The van der Waals surface area contributed by atoms with Gasteiger partial charge in [0.15, 0.2) is 0 Å². The average Bonchev–Trinajstić information content (AvgIpc) is 3.00. The van der Waals surface area contributed by atoms with Crippen LogP contribution in [-0.2, 0) is 9.59 Å². The Bertz CT molecular complexity index is 804. The molecule has 0 bridgehead atoms. The molecular weight excluding hydrogens is 361 g/mol. The van der Waals surface area contributed by atoms with Gasteiger partial charge in [-0.05, 0) is 17.7 Å². The van der Waals surface area contributed by atoms with Crippen molar-refractivity contribution in [2.75, 3.05) is 6.54 Å². The Hall–Kier alpha value is -2.37. The summed E-state index contributed by atoms with van der Waals surface area (Å²) in [4.78, 5) is 24.5. The molecule has 0 aromatic heterocycles. The Morgan fingerprint density at radius 2 is 1.80 bits per heavy atom. The Kier molecular flexibility index (Phi) is 5.36. The maximum Gasteiger partial charge on any atom is 0.253 e. The van der Waals surface area contributed by atoms with Crippen molar-refractivity contribution in [2.45, 2.75) is 5.92 Å². The standard InChI is InChI=1S/C18H15Cl2N3O2/c19-14-7-4-8-15(20)13(14)10-22-23-18(25)16-12(9-21-17(16)24)11-5-2-1-3-6-11/h1-8,10,12,16H,9H2,(H,21,24)(H,23,25)/t12-,16+/m1/s1. The number of halogens is 2. The molecule has 128 valence electrons. The Morgan fingerprint density at radius 1 is 1.12 bits per heavy atom. The van der Waals surface area contributed by atoms with Crippen LogP contribution in [0.3, 0.4) is 0 Å². The van der Waals surface area contributed by atoms with E-state index in [0.717, 1.165) is 5.56 Å². The predicted octanol–water partition coefficient (Wildman–Crippen LogP) is 2.97. The largest absolute Gasteiger partial charge is 0.355 e. The lowest BCUT2D eigenvalue weighted by molar-refractivity contribution is -0.133. The van der Waals surface area contributed by atoms with Crippen LogP contribution in [0.5, 0.6) is 0 Å². The number of hydrazone groups is 1. The summed E-state index contributed by atoms with van der Waals surface area (Å²) in [5, 5.41) is 7.47. The van der Waals surface area contributed by atoms with Crippen molar-refractivity contribution in [3.63, 3.8) is 0 Å². The molecule has 0 spiro atoms. The fraction of sp³-hybridized carbons (Fsp3) is 0.167. The lowest BCUT2D eigenvalue weighted by atomic mass is 9.88. The minimum atomic E-state index is -0.832. The molecule has 25 heavy (non-hydrogen) atoms. The van der Waals surface area contributed by atoms with E-state index in [2.05, 4.69) is 15.8 Å². The summed E-state index contributed by atoms with van der Waals surface area (Å²) in [6, 6.07) is 14.5. The van der Waals surface area contributed by atoms with Crippen LogP contribution in [0.1, 0.15) is 17.0 Å². The zero-order valence-corrected chi connectivity index (χ0v) is 14.6. The quantitative estimate of drug-likeness (QED) is 0.489. The van der Waals surface area contributed by atoms with Gasteiger partial charge in [-0.3, -0.25) is 9.59 Å². The number of amides is 2. The smallest absolute Gasteiger partial charge is 0.253 e. The van der Waals surface area contributed by atoms with Crippen LogP contribution in [0.4, 0.5) is 0 Å². The first kappa shape index (κ1) is 17.5. The molecule has 7 heteroatoms. The maximum absolute atomic E-state index is 12.4. The minimum absolute atomic E-state index is 0.229.